The van der Waals surface area contributed by atoms with Gasteiger partial charge in [-0.2, -0.15) is 13.2 Å². The fourth-order valence-corrected chi connectivity index (χ4v) is 2.43. The maximum atomic E-state index is 13.0. The summed E-state index contributed by atoms with van der Waals surface area (Å²) < 4.78 is 45.0. The molecule has 0 aliphatic rings. The van der Waals surface area contributed by atoms with E-state index in [9.17, 15) is 22.8 Å². The number of ether oxygens (including phenoxy) is 1. The standard InChI is InChI=1S/C17H15ClF3N5O3/c1-16(2,3)29-15(28)26-8-10(24-25-22)7-13(26)14(27)23-9-4-5-12(18)11(6-9)17(19,20)21/h4-8H,1-3H3,(H,23,27). The summed E-state index contributed by atoms with van der Waals surface area (Å²) in [7, 11) is 0. The average molecular weight is 430 g/mol. The number of carbonyl (C=O) groups excluding carboxylic acids is 2. The van der Waals surface area contributed by atoms with E-state index in [1.807, 2.05) is 0 Å². The van der Waals surface area contributed by atoms with Gasteiger partial charge < -0.3 is 10.1 Å². The number of anilines is 1. The number of halogens is 4. The SMILES string of the molecule is CC(C)(C)OC(=O)n1cc(N=[N+]=[N-])cc1C(=O)Nc1ccc(Cl)c(C(F)(F)F)c1. The fourth-order valence-electron chi connectivity index (χ4n) is 2.21. The van der Waals surface area contributed by atoms with Gasteiger partial charge in [-0.3, -0.25) is 4.79 Å². The number of benzene rings is 1. The zero-order valence-corrected chi connectivity index (χ0v) is 16.2. The van der Waals surface area contributed by atoms with Gasteiger partial charge in [0.05, 0.1) is 16.3 Å². The molecule has 1 aromatic carbocycles. The Bertz CT molecular complexity index is 1000. The number of azide groups is 1. The number of nitrogens with one attached hydrogen (secondary N) is 1. The van der Waals surface area contributed by atoms with Crippen LogP contribution in [0.25, 0.3) is 10.4 Å². The predicted octanol–water partition coefficient (Wildman–Crippen LogP) is 6.14. The third kappa shape index (κ3) is 5.66. The van der Waals surface area contributed by atoms with Crippen molar-refractivity contribution in [3.63, 3.8) is 0 Å². The Morgan fingerprint density at radius 3 is 2.45 bits per heavy atom. The molecule has 0 fully saturated rings. The summed E-state index contributed by atoms with van der Waals surface area (Å²) in [6, 6.07) is 3.91. The number of alkyl halides is 3. The molecule has 0 aliphatic carbocycles. The van der Waals surface area contributed by atoms with Gasteiger partial charge in [-0.25, -0.2) is 9.36 Å². The van der Waals surface area contributed by atoms with E-state index in [1.165, 1.54) is 6.07 Å². The van der Waals surface area contributed by atoms with Crippen molar-refractivity contribution in [1.82, 2.24) is 4.57 Å². The van der Waals surface area contributed by atoms with E-state index in [4.69, 9.17) is 21.9 Å². The summed E-state index contributed by atoms with van der Waals surface area (Å²) in [5, 5.41) is 5.04. The third-order valence-corrected chi connectivity index (χ3v) is 3.65. The van der Waals surface area contributed by atoms with Gasteiger partial charge in [0.1, 0.15) is 11.3 Å². The van der Waals surface area contributed by atoms with Gasteiger partial charge in [-0.1, -0.05) is 16.7 Å². The van der Waals surface area contributed by atoms with E-state index in [2.05, 4.69) is 15.3 Å². The Kier molecular flexibility index (Phi) is 6.15. The topological polar surface area (TPSA) is 109 Å². The van der Waals surface area contributed by atoms with Crippen LogP contribution in [0.4, 0.5) is 29.3 Å². The highest BCUT2D eigenvalue weighted by atomic mass is 35.5. The van der Waals surface area contributed by atoms with Crippen LogP contribution in [0, 0.1) is 0 Å². The molecule has 0 saturated heterocycles. The molecule has 29 heavy (non-hydrogen) atoms. The lowest BCUT2D eigenvalue weighted by atomic mass is 10.2. The number of hydrogen-bond donors (Lipinski definition) is 1. The Balaban J connectivity index is 2.40. The van der Waals surface area contributed by atoms with Crippen molar-refractivity contribution >= 4 is 35.0 Å². The molecule has 0 bridgehead atoms. The first kappa shape index (κ1) is 22.1. The van der Waals surface area contributed by atoms with E-state index in [-0.39, 0.29) is 17.1 Å². The number of amides is 1. The van der Waals surface area contributed by atoms with Crippen LogP contribution in [0.15, 0.2) is 35.6 Å². The highest BCUT2D eigenvalue weighted by Gasteiger charge is 2.33. The second kappa shape index (κ2) is 8.06. The van der Waals surface area contributed by atoms with Gasteiger partial charge >= 0.3 is 12.3 Å². The van der Waals surface area contributed by atoms with Crippen molar-refractivity contribution in [3.05, 3.63) is 57.2 Å². The first-order valence-corrected chi connectivity index (χ1v) is 8.38. The quantitative estimate of drug-likeness (QED) is 0.359. The van der Waals surface area contributed by atoms with Gasteiger partial charge in [0.25, 0.3) is 5.91 Å². The van der Waals surface area contributed by atoms with Crippen LogP contribution in [0.2, 0.25) is 5.02 Å². The molecule has 0 unspecified atom stereocenters. The molecule has 2 rings (SSSR count). The number of carbonyl (C=O) groups is 2. The zero-order valence-electron chi connectivity index (χ0n) is 15.4. The second-order valence-electron chi connectivity index (χ2n) is 6.77. The van der Waals surface area contributed by atoms with Crippen LogP contribution >= 0.6 is 11.6 Å². The smallest absolute Gasteiger partial charge is 0.419 e. The lowest BCUT2D eigenvalue weighted by Gasteiger charge is -2.20. The molecule has 2 aromatic rings. The molecule has 8 nitrogen and oxygen atoms in total. The molecule has 0 aliphatic heterocycles. The Morgan fingerprint density at radius 1 is 1.24 bits per heavy atom. The van der Waals surface area contributed by atoms with Crippen LogP contribution < -0.4 is 5.32 Å². The highest BCUT2D eigenvalue weighted by molar-refractivity contribution is 6.31. The van der Waals surface area contributed by atoms with E-state index in [0.29, 0.717) is 6.07 Å². The van der Waals surface area contributed by atoms with Gasteiger partial charge in [0.15, 0.2) is 0 Å². The molecule has 154 valence electrons. The lowest BCUT2D eigenvalue weighted by molar-refractivity contribution is -0.137. The summed E-state index contributed by atoms with van der Waals surface area (Å²) >= 11 is 5.56. The normalized spacial score (nSPS) is 11.6. The van der Waals surface area contributed by atoms with Crippen LogP contribution in [0.3, 0.4) is 0 Å². The predicted molar refractivity (Wildman–Crippen MR) is 99.3 cm³/mol. The number of aromatic nitrogens is 1. The maximum absolute atomic E-state index is 13.0. The summed E-state index contributed by atoms with van der Waals surface area (Å²) in [5.74, 6) is -0.925. The van der Waals surface area contributed by atoms with Gasteiger partial charge in [-0.15, -0.1) is 0 Å². The van der Waals surface area contributed by atoms with Crippen LogP contribution in [-0.2, 0) is 10.9 Å². The van der Waals surface area contributed by atoms with E-state index in [0.717, 1.165) is 22.9 Å². The molecule has 0 saturated carbocycles. The minimum Gasteiger partial charge on any atom is -0.443 e. The largest absolute Gasteiger partial charge is 0.443 e. The first-order valence-electron chi connectivity index (χ1n) is 8.01. The molecule has 0 radical (unpaired) electrons. The molecule has 1 aromatic heterocycles. The van der Waals surface area contributed by atoms with Gasteiger partial charge in [-0.05, 0) is 50.6 Å². The molecule has 0 spiro atoms. The van der Waals surface area contributed by atoms with E-state index < -0.39 is 34.4 Å². The van der Waals surface area contributed by atoms with Crippen molar-refractivity contribution in [2.45, 2.75) is 32.5 Å². The summed E-state index contributed by atoms with van der Waals surface area (Å²) in [6.45, 7) is 4.82. The van der Waals surface area contributed by atoms with Crippen LogP contribution in [-0.4, -0.2) is 22.2 Å². The Labute approximate surface area is 167 Å². The number of rotatable bonds is 3. The van der Waals surface area contributed by atoms with Crippen LogP contribution in [0.5, 0.6) is 0 Å². The second-order valence-corrected chi connectivity index (χ2v) is 7.18. The highest BCUT2D eigenvalue weighted by Crippen LogP contribution is 2.36. The molecular formula is C17H15ClF3N5O3. The van der Waals surface area contributed by atoms with Crippen molar-refractivity contribution in [3.8, 4) is 0 Å². The Morgan fingerprint density at radius 2 is 1.90 bits per heavy atom. The molecule has 1 N–H and O–H groups in total. The summed E-state index contributed by atoms with van der Waals surface area (Å²) in [4.78, 5) is 27.5. The van der Waals surface area contributed by atoms with Gasteiger partial charge in [0.2, 0.25) is 0 Å². The third-order valence-electron chi connectivity index (χ3n) is 3.32. The Hall–Kier alpha value is -3.17. The molecule has 12 heteroatoms. The molecule has 1 amide bonds. The van der Waals surface area contributed by atoms with E-state index >= 15 is 0 Å². The minimum absolute atomic E-state index is 0.0596. The van der Waals surface area contributed by atoms with Gasteiger partial charge in [0, 0.05) is 16.8 Å². The zero-order chi connectivity index (χ0) is 22.0. The number of nitrogens with zero attached hydrogens (tertiary/aromatic N) is 4. The van der Waals surface area contributed by atoms with Crippen molar-refractivity contribution < 1.29 is 27.5 Å². The fraction of sp³-hybridized carbons (Fsp3) is 0.294. The van der Waals surface area contributed by atoms with Crippen molar-refractivity contribution in [1.29, 1.82) is 0 Å². The first-order chi connectivity index (χ1) is 13.3. The molecule has 1 heterocycles. The minimum atomic E-state index is -4.72. The van der Waals surface area contributed by atoms with Crippen molar-refractivity contribution in [2.75, 3.05) is 5.32 Å². The molecular weight excluding hydrogens is 415 g/mol. The maximum Gasteiger partial charge on any atom is 0.419 e. The lowest BCUT2D eigenvalue weighted by Crippen LogP contribution is -2.29. The van der Waals surface area contributed by atoms with Crippen LogP contribution in [0.1, 0.15) is 36.8 Å². The summed E-state index contributed by atoms with van der Waals surface area (Å²) in [5.41, 5.74) is 5.99. The molecule has 0 atom stereocenters. The monoisotopic (exact) mass is 429 g/mol. The summed E-state index contributed by atoms with van der Waals surface area (Å²) in [6.07, 6.45) is -4.58. The van der Waals surface area contributed by atoms with E-state index in [1.54, 1.807) is 20.8 Å². The number of hydrogen-bond acceptors (Lipinski definition) is 4. The average Bonchev–Trinajstić information content (AvgIpc) is 2.99. The van der Waals surface area contributed by atoms with Crippen molar-refractivity contribution in [2.24, 2.45) is 5.11 Å².